The van der Waals surface area contributed by atoms with Crippen molar-refractivity contribution in [2.45, 2.75) is 40.5 Å². The number of carboxylic acids is 1. The molecule has 0 radical (unpaired) electrons. The van der Waals surface area contributed by atoms with Gasteiger partial charge in [0.15, 0.2) is 6.79 Å². The third-order valence-electron chi connectivity index (χ3n) is 3.04. The summed E-state index contributed by atoms with van der Waals surface area (Å²) in [5.41, 5.74) is -0.562. The number of hydrogen-bond acceptors (Lipinski definition) is 5. The van der Waals surface area contributed by atoms with Gasteiger partial charge in [0.2, 0.25) is 0 Å². The summed E-state index contributed by atoms with van der Waals surface area (Å²) in [6.07, 6.45) is 1.12. The molecule has 2 atom stereocenters. The first kappa shape index (κ1) is 21.9. The van der Waals surface area contributed by atoms with Crippen molar-refractivity contribution in [3.63, 3.8) is 0 Å². The number of carbonyl (C=O) groups excluding carboxylic acids is 1. The largest absolute Gasteiger partial charge is 0.499 e. The molecule has 0 rings (SSSR count). The second-order valence-corrected chi connectivity index (χ2v) is 8.15. The lowest BCUT2D eigenvalue weighted by Gasteiger charge is -2.23. The Labute approximate surface area is 140 Å². The van der Waals surface area contributed by atoms with Crippen LogP contribution in [-0.2, 0) is 23.6 Å². The molecule has 0 heterocycles. The van der Waals surface area contributed by atoms with Crippen LogP contribution in [0.2, 0.25) is 0 Å². The van der Waals surface area contributed by atoms with E-state index in [0.717, 1.165) is 0 Å². The van der Waals surface area contributed by atoms with Crippen molar-refractivity contribution in [1.82, 2.24) is 0 Å². The molecule has 0 saturated heterocycles. The van der Waals surface area contributed by atoms with E-state index in [1.807, 2.05) is 13.6 Å². The topological polar surface area (TPSA) is 82.1 Å². The van der Waals surface area contributed by atoms with Crippen molar-refractivity contribution in [2.75, 3.05) is 26.2 Å². The zero-order valence-electron chi connectivity index (χ0n) is 14.8. The number of allylic oxidation sites excluding steroid dienone is 1. The Morgan fingerprint density at radius 1 is 1.26 bits per heavy atom. The van der Waals surface area contributed by atoms with Gasteiger partial charge in [-0.3, -0.25) is 9.59 Å². The number of hydrogen-bond donors (Lipinski definition) is 1. The molecule has 6 nitrogen and oxygen atoms in total. The Hall–Kier alpha value is -1.13. The summed E-state index contributed by atoms with van der Waals surface area (Å²) in [6.45, 7) is 13.4. The molecule has 1 N–H and O–H groups in total. The minimum Gasteiger partial charge on any atom is -0.499 e. The molecule has 0 aromatic rings. The van der Waals surface area contributed by atoms with E-state index in [9.17, 15) is 9.59 Å². The van der Waals surface area contributed by atoms with Crippen LogP contribution >= 0.6 is 8.15 Å². The number of carbonyl (C=O) groups is 2. The van der Waals surface area contributed by atoms with Crippen LogP contribution in [0.1, 0.15) is 40.5 Å². The Bertz CT molecular complexity index is 402. The summed E-state index contributed by atoms with van der Waals surface area (Å²) in [5, 5.41) is 8.83. The molecule has 0 aliphatic carbocycles. The molecule has 0 aliphatic rings. The van der Waals surface area contributed by atoms with Crippen molar-refractivity contribution in [2.24, 2.45) is 11.3 Å². The molecule has 2 unspecified atom stereocenters. The SMILES string of the molecule is C=C(OCC)C(CCC(=O)O)CP(C)OCOC(=O)C(C)(C)C. The van der Waals surface area contributed by atoms with Crippen LogP contribution in [0, 0.1) is 11.3 Å². The highest BCUT2D eigenvalue weighted by atomic mass is 31.1. The number of carboxylic acid groups (broad SMARTS) is 1. The van der Waals surface area contributed by atoms with Gasteiger partial charge in [0.1, 0.15) is 0 Å². The maximum atomic E-state index is 11.6. The van der Waals surface area contributed by atoms with Crippen LogP contribution in [0.3, 0.4) is 0 Å². The van der Waals surface area contributed by atoms with E-state index in [-0.39, 0.29) is 25.1 Å². The minimum atomic E-state index is -0.871. The monoisotopic (exact) mass is 348 g/mol. The zero-order chi connectivity index (χ0) is 18.0. The van der Waals surface area contributed by atoms with Crippen LogP contribution in [0.25, 0.3) is 0 Å². The van der Waals surface area contributed by atoms with E-state index in [0.29, 0.717) is 24.9 Å². The van der Waals surface area contributed by atoms with Gasteiger partial charge in [-0.15, -0.1) is 0 Å². The third-order valence-corrected chi connectivity index (χ3v) is 4.55. The number of aliphatic carboxylic acids is 1. The molecule has 7 heteroatoms. The summed E-state index contributed by atoms with van der Waals surface area (Å²) < 4.78 is 16.0. The Morgan fingerprint density at radius 2 is 1.87 bits per heavy atom. The first-order valence-electron chi connectivity index (χ1n) is 7.62. The summed E-state index contributed by atoms with van der Waals surface area (Å²) in [7, 11) is -0.871. The van der Waals surface area contributed by atoms with Gasteiger partial charge in [-0.05, 0) is 40.8 Å². The van der Waals surface area contributed by atoms with Crippen molar-refractivity contribution in [3.8, 4) is 0 Å². The standard InChI is InChI=1S/C16H29O6P/c1-7-20-12(2)13(8-9-14(17)18)10-23(6)22-11-21-15(19)16(3,4)5/h13H,2,7-11H2,1,3-6H3,(H,17,18). The Balaban J connectivity index is 4.36. The van der Waals surface area contributed by atoms with Crippen molar-refractivity contribution in [3.05, 3.63) is 12.3 Å². The smallest absolute Gasteiger partial charge is 0.313 e. The predicted octanol–water partition coefficient (Wildman–Crippen LogP) is 3.61. The van der Waals surface area contributed by atoms with Crippen LogP contribution in [0.5, 0.6) is 0 Å². The number of rotatable bonds is 11. The fraction of sp³-hybridized carbons (Fsp3) is 0.750. The lowest BCUT2D eigenvalue weighted by Crippen LogP contribution is -2.23. The maximum Gasteiger partial charge on any atom is 0.313 e. The molecule has 0 fully saturated rings. The van der Waals surface area contributed by atoms with Crippen LogP contribution in [0.15, 0.2) is 12.3 Å². The van der Waals surface area contributed by atoms with Crippen LogP contribution < -0.4 is 0 Å². The normalized spacial score (nSPS) is 14.0. The second kappa shape index (κ2) is 10.6. The van der Waals surface area contributed by atoms with Gasteiger partial charge in [-0.1, -0.05) is 6.58 Å². The molecule has 0 spiro atoms. The van der Waals surface area contributed by atoms with E-state index in [2.05, 4.69) is 6.58 Å². The Kier molecular flexibility index (Phi) is 10.1. The van der Waals surface area contributed by atoms with Gasteiger partial charge < -0.3 is 19.1 Å². The van der Waals surface area contributed by atoms with Gasteiger partial charge >= 0.3 is 11.9 Å². The summed E-state index contributed by atoms with van der Waals surface area (Å²) in [4.78, 5) is 22.4. The third kappa shape index (κ3) is 10.3. The van der Waals surface area contributed by atoms with Gasteiger partial charge in [0, 0.05) is 26.6 Å². The maximum absolute atomic E-state index is 11.6. The molecule has 23 heavy (non-hydrogen) atoms. The van der Waals surface area contributed by atoms with E-state index >= 15 is 0 Å². The average Bonchev–Trinajstić information content (AvgIpc) is 2.42. The van der Waals surface area contributed by atoms with Crippen molar-refractivity contribution >= 4 is 20.1 Å². The first-order valence-corrected chi connectivity index (χ1v) is 9.51. The highest BCUT2D eigenvalue weighted by Gasteiger charge is 2.24. The average molecular weight is 348 g/mol. The highest BCUT2D eigenvalue weighted by molar-refractivity contribution is 7.51. The van der Waals surface area contributed by atoms with Gasteiger partial charge in [0.25, 0.3) is 0 Å². The highest BCUT2D eigenvalue weighted by Crippen LogP contribution is 2.38. The number of esters is 1. The fourth-order valence-electron chi connectivity index (χ4n) is 1.70. The van der Waals surface area contributed by atoms with E-state index < -0.39 is 19.5 Å². The van der Waals surface area contributed by atoms with Crippen LogP contribution in [-0.4, -0.2) is 43.3 Å². The fourth-order valence-corrected chi connectivity index (χ4v) is 3.05. The number of ether oxygens (including phenoxy) is 2. The predicted molar refractivity (Wildman–Crippen MR) is 90.3 cm³/mol. The van der Waals surface area contributed by atoms with Crippen molar-refractivity contribution in [1.29, 1.82) is 0 Å². The van der Waals surface area contributed by atoms with Gasteiger partial charge in [-0.2, -0.15) is 0 Å². The summed E-state index contributed by atoms with van der Waals surface area (Å²) in [6, 6.07) is 0. The zero-order valence-corrected chi connectivity index (χ0v) is 15.7. The lowest BCUT2D eigenvalue weighted by atomic mass is 9.98. The molecular formula is C16H29O6P. The molecule has 134 valence electrons. The quantitative estimate of drug-likeness (QED) is 0.266. The summed E-state index contributed by atoms with van der Waals surface area (Å²) in [5.74, 6) is -0.666. The van der Waals surface area contributed by atoms with E-state index in [1.54, 1.807) is 20.8 Å². The minimum absolute atomic E-state index is 0.0545. The van der Waals surface area contributed by atoms with E-state index in [4.69, 9.17) is 19.1 Å². The molecule has 0 aliphatic heterocycles. The molecule has 0 aromatic heterocycles. The van der Waals surface area contributed by atoms with Gasteiger partial charge in [-0.25, -0.2) is 0 Å². The molecular weight excluding hydrogens is 319 g/mol. The molecule has 0 saturated carbocycles. The van der Waals surface area contributed by atoms with Crippen molar-refractivity contribution < 1.29 is 28.7 Å². The Morgan fingerprint density at radius 3 is 2.35 bits per heavy atom. The molecule has 0 amide bonds. The van der Waals surface area contributed by atoms with Crippen LogP contribution in [0.4, 0.5) is 0 Å². The van der Waals surface area contributed by atoms with Gasteiger partial charge in [0.05, 0.1) is 17.8 Å². The first-order chi connectivity index (χ1) is 10.6. The second-order valence-electron chi connectivity index (χ2n) is 6.27. The molecule has 0 bridgehead atoms. The van der Waals surface area contributed by atoms with E-state index in [1.165, 1.54) is 0 Å². The lowest BCUT2D eigenvalue weighted by molar-refractivity contribution is -0.159. The molecule has 0 aromatic carbocycles. The summed E-state index contributed by atoms with van der Waals surface area (Å²) >= 11 is 0.